The summed E-state index contributed by atoms with van der Waals surface area (Å²) in [5.74, 6) is 2.28. The predicted octanol–water partition coefficient (Wildman–Crippen LogP) is 3.69. The van der Waals surface area contributed by atoms with Crippen molar-refractivity contribution in [3.05, 3.63) is 58.6 Å². The molecule has 1 fully saturated rings. The van der Waals surface area contributed by atoms with Crippen LogP contribution in [0.4, 0.5) is 5.82 Å². The molecule has 0 atom stereocenters. The van der Waals surface area contributed by atoms with Crippen LogP contribution in [0.15, 0.2) is 53.0 Å². The van der Waals surface area contributed by atoms with Crippen molar-refractivity contribution in [2.45, 2.75) is 0 Å². The minimum Gasteiger partial charge on any atom is -0.454 e. The standard InChI is InChI=1S/C21H18BrN3O3/c22-16-3-1-2-14-5-7-19(23-20(14)16)24-8-10-25(11-9-24)21(26)15-4-6-17-18(12-15)28-13-27-17/h1-7,12H,8-11,13H2. The lowest BCUT2D eigenvalue weighted by Crippen LogP contribution is -2.49. The highest BCUT2D eigenvalue weighted by atomic mass is 79.9. The number of rotatable bonds is 2. The van der Waals surface area contributed by atoms with Gasteiger partial charge in [-0.25, -0.2) is 4.98 Å². The molecule has 2 aliphatic heterocycles. The van der Waals surface area contributed by atoms with Crippen molar-refractivity contribution in [1.82, 2.24) is 9.88 Å². The largest absolute Gasteiger partial charge is 0.454 e. The fourth-order valence-electron chi connectivity index (χ4n) is 3.63. The minimum absolute atomic E-state index is 0.0205. The Morgan fingerprint density at radius 3 is 2.64 bits per heavy atom. The molecule has 0 unspecified atom stereocenters. The van der Waals surface area contributed by atoms with Gasteiger partial charge >= 0.3 is 0 Å². The lowest BCUT2D eigenvalue weighted by molar-refractivity contribution is 0.0746. The smallest absolute Gasteiger partial charge is 0.254 e. The summed E-state index contributed by atoms with van der Waals surface area (Å²) in [7, 11) is 0. The average molecular weight is 440 g/mol. The van der Waals surface area contributed by atoms with E-state index >= 15 is 0 Å². The summed E-state index contributed by atoms with van der Waals surface area (Å²) < 4.78 is 11.7. The van der Waals surface area contributed by atoms with Gasteiger partial charge in [-0.05, 0) is 52.3 Å². The number of hydrogen-bond donors (Lipinski definition) is 0. The fraction of sp³-hybridized carbons (Fsp3) is 0.238. The van der Waals surface area contributed by atoms with E-state index < -0.39 is 0 Å². The van der Waals surface area contributed by atoms with E-state index in [1.165, 1.54) is 0 Å². The zero-order valence-corrected chi connectivity index (χ0v) is 16.7. The Morgan fingerprint density at radius 1 is 0.964 bits per heavy atom. The maximum absolute atomic E-state index is 12.9. The molecular weight excluding hydrogens is 422 g/mol. The third-order valence-corrected chi connectivity index (χ3v) is 5.81. The van der Waals surface area contributed by atoms with Gasteiger partial charge in [-0.2, -0.15) is 0 Å². The third-order valence-electron chi connectivity index (χ3n) is 5.17. The van der Waals surface area contributed by atoms with Crippen molar-refractivity contribution < 1.29 is 14.3 Å². The van der Waals surface area contributed by atoms with Crippen LogP contribution in [0.1, 0.15) is 10.4 Å². The molecular formula is C21H18BrN3O3. The van der Waals surface area contributed by atoms with Crippen molar-refractivity contribution in [1.29, 1.82) is 0 Å². The van der Waals surface area contributed by atoms with Gasteiger partial charge in [-0.1, -0.05) is 12.1 Å². The number of piperazine rings is 1. The second-order valence-corrected chi connectivity index (χ2v) is 7.68. The molecule has 7 heteroatoms. The van der Waals surface area contributed by atoms with Crippen molar-refractivity contribution in [2.24, 2.45) is 0 Å². The van der Waals surface area contributed by atoms with Crippen LogP contribution in [0.25, 0.3) is 10.9 Å². The molecule has 0 saturated carbocycles. The lowest BCUT2D eigenvalue weighted by Gasteiger charge is -2.35. The molecule has 3 aromatic rings. The summed E-state index contributed by atoms with van der Waals surface area (Å²) in [6.45, 7) is 3.02. The van der Waals surface area contributed by atoms with Crippen LogP contribution in [-0.2, 0) is 0 Å². The van der Waals surface area contributed by atoms with Crippen molar-refractivity contribution >= 4 is 38.6 Å². The topological polar surface area (TPSA) is 54.9 Å². The molecule has 3 heterocycles. The highest BCUT2D eigenvalue weighted by Crippen LogP contribution is 2.33. The first kappa shape index (κ1) is 17.3. The van der Waals surface area contributed by atoms with E-state index in [-0.39, 0.29) is 12.7 Å². The SMILES string of the molecule is O=C(c1ccc2c(c1)OCO2)N1CCN(c2ccc3cccc(Br)c3n2)CC1. The zero-order chi connectivity index (χ0) is 19.1. The number of carbonyl (C=O) groups excluding carboxylic acids is 1. The van der Waals surface area contributed by atoms with E-state index in [0.717, 1.165) is 34.3 Å². The molecule has 2 aliphatic rings. The van der Waals surface area contributed by atoms with E-state index in [9.17, 15) is 4.79 Å². The van der Waals surface area contributed by atoms with Gasteiger partial charge in [0.05, 0.1) is 5.52 Å². The number of benzene rings is 2. The first-order valence-electron chi connectivity index (χ1n) is 9.18. The Bertz CT molecular complexity index is 1060. The number of ether oxygens (including phenoxy) is 2. The van der Waals surface area contributed by atoms with Crippen LogP contribution in [0, 0.1) is 0 Å². The van der Waals surface area contributed by atoms with E-state index in [1.54, 1.807) is 18.2 Å². The molecule has 28 heavy (non-hydrogen) atoms. The zero-order valence-electron chi connectivity index (χ0n) is 15.1. The van der Waals surface area contributed by atoms with Crippen LogP contribution in [0.2, 0.25) is 0 Å². The van der Waals surface area contributed by atoms with Crippen molar-refractivity contribution in [2.75, 3.05) is 37.9 Å². The molecule has 1 aromatic heterocycles. The van der Waals surface area contributed by atoms with Gasteiger partial charge in [0.15, 0.2) is 11.5 Å². The molecule has 1 amide bonds. The Kier molecular flexibility index (Phi) is 4.31. The number of fused-ring (bicyclic) bond motifs is 2. The Hall–Kier alpha value is -2.80. The summed E-state index contributed by atoms with van der Waals surface area (Å²) in [4.78, 5) is 21.8. The van der Waals surface area contributed by atoms with Crippen LogP contribution >= 0.6 is 15.9 Å². The first-order valence-corrected chi connectivity index (χ1v) is 9.97. The number of halogens is 1. The number of nitrogens with zero attached hydrogens (tertiary/aromatic N) is 3. The van der Waals surface area contributed by atoms with E-state index in [1.807, 2.05) is 23.1 Å². The number of amides is 1. The number of hydrogen-bond acceptors (Lipinski definition) is 5. The molecule has 142 valence electrons. The minimum atomic E-state index is 0.0205. The summed E-state index contributed by atoms with van der Waals surface area (Å²) in [6, 6.07) is 15.6. The first-order chi connectivity index (χ1) is 13.7. The fourth-order valence-corrected chi connectivity index (χ4v) is 4.10. The molecule has 5 rings (SSSR count). The number of anilines is 1. The normalized spacial score (nSPS) is 15.9. The maximum Gasteiger partial charge on any atom is 0.254 e. The van der Waals surface area contributed by atoms with Gasteiger partial charge in [0.25, 0.3) is 5.91 Å². The number of para-hydroxylation sites is 1. The van der Waals surface area contributed by atoms with Crippen LogP contribution in [0.3, 0.4) is 0 Å². The second kappa shape index (κ2) is 6.98. The summed E-state index contributed by atoms with van der Waals surface area (Å²) >= 11 is 3.58. The molecule has 0 spiro atoms. The van der Waals surface area contributed by atoms with Crippen molar-refractivity contribution in [3.8, 4) is 11.5 Å². The summed E-state index contributed by atoms with van der Waals surface area (Å²) in [6.07, 6.45) is 0. The van der Waals surface area contributed by atoms with Gasteiger partial charge in [0.1, 0.15) is 5.82 Å². The van der Waals surface area contributed by atoms with Gasteiger partial charge < -0.3 is 19.3 Å². The Balaban J connectivity index is 1.30. The van der Waals surface area contributed by atoms with Crippen LogP contribution in [-0.4, -0.2) is 48.8 Å². The van der Waals surface area contributed by atoms with Gasteiger partial charge in [-0.3, -0.25) is 4.79 Å². The third kappa shape index (κ3) is 3.05. The van der Waals surface area contributed by atoms with Crippen molar-refractivity contribution in [3.63, 3.8) is 0 Å². The molecule has 0 radical (unpaired) electrons. The molecule has 0 N–H and O–H groups in total. The lowest BCUT2D eigenvalue weighted by atomic mass is 10.1. The summed E-state index contributed by atoms with van der Waals surface area (Å²) in [5, 5.41) is 1.11. The van der Waals surface area contributed by atoms with Crippen LogP contribution < -0.4 is 14.4 Å². The number of carbonyl (C=O) groups is 1. The van der Waals surface area contributed by atoms with E-state index in [4.69, 9.17) is 14.5 Å². The predicted molar refractivity (Wildman–Crippen MR) is 110 cm³/mol. The highest BCUT2D eigenvalue weighted by molar-refractivity contribution is 9.10. The Labute approximate surface area is 170 Å². The summed E-state index contributed by atoms with van der Waals surface area (Å²) in [5.41, 5.74) is 1.59. The number of pyridine rings is 1. The van der Waals surface area contributed by atoms with E-state index in [0.29, 0.717) is 30.2 Å². The van der Waals surface area contributed by atoms with Crippen LogP contribution in [0.5, 0.6) is 11.5 Å². The quantitative estimate of drug-likeness (QED) is 0.609. The van der Waals surface area contributed by atoms with Gasteiger partial charge in [0.2, 0.25) is 6.79 Å². The molecule has 0 aliphatic carbocycles. The number of aromatic nitrogens is 1. The second-order valence-electron chi connectivity index (χ2n) is 6.83. The molecule has 0 bridgehead atoms. The van der Waals surface area contributed by atoms with Gasteiger partial charge in [0, 0.05) is 41.6 Å². The monoisotopic (exact) mass is 439 g/mol. The maximum atomic E-state index is 12.9. The van der Waals surface area contributed by atoms with Gasteiger partial charge in [-0.15, -0.1) is 0 Å². The average Bonchev–Trinajstić information content (AvgIpc) is 3.21. The molecule has 6 nitrogen and oxygen atoms in total. The highest BCUT2D eigenvalue weighted by Gasteiger charge is 2.24. The van der Waals surface area contributed by atoms with E-state index in [2.05, 4.69) is 33.0 Å². The Morgan fingerprint density at radius 2 is 1.79 bits per heavy atom. The molecule has 1 saturated heterocycles. The molecule has 2 aromatic carbocycles.